The second-order valence-electron chi connectivity index (χ2n) is 4.27. The normalized spacial score (nSPS) is 10.6. The number of nitrogens with zero attached hydrogens (tertiary/aromatic N) is 3. The Morgan fingerprint density at radius 1 is 1.27 bits per heavy atom. The molecule has 0 amide bonds. The zero-order valence-corrected chi connectivity index (χ0v) is 11.7. The largest absolute Gasteiger partial charge is 0.511 e. The molecule has 0 saturated heterocycles. The van der Waals surface area contributed by atoms with Gasteiger partial charge in [-0.2, -0.15) is 5.10 Å². The molecule has 0 atom stereocenters. The number of benzene rings is 1. The van der Waals surface area contributed by atoms with Crippen LogP contribution in [0.15, 0.2) is 24.5 Å². The van der Waals surface area contributed by atoms with Gasteiger partial charge in [0.1, 0.15) is 0 Å². The first-order chi connectivity index (χ1) is 10.6. The van der Waals surface area contributed by atoms with Crippen LogP contribution in [0.2, 0.25) is 0 Å². The summed E-state index contributed by atoms with van der Waals surface area (Å²) in [6, 6.07) is 3.48. The van der Waals surface area contributed by atoms with Crippen LogP contribution >= 0.6 is 0 Å². The average molecular weight is 304 g/mol. The van der Waals surface area contributed by atoms with Crippen LogP contribution in [-0.2, 0) is 0 Å². The summed E-state index contributed by atoms with van der Waals surface area (Å²) in [6.45, 7) is 0. The van der Waals surface area contributed by atoms with Gasteiger partial charge in [-0.15, -0.1) is 0 Å². The summed E-state index contributed by atoms with van der Waals surface area (Å²) < 4.78 is 16.3. The molecule has 2 heterocycles. The molecule has 0 saturated carbocycles. The fourth-order valence-corrected chi connectivity index (χ4v) is 2.01. The van der Waals surface area contributed by atoms with Crippen LogP contribution < -0.4 is 14.2 Å². The van der Waals surface area contributed by atoms with Crippen molar-refractivity contribution in [2.45, 2.75) is 0 Å². The fraction of sp³-hybridized carbons (Fsp3) is 0.154. The quantitative estimate of drug-likeness (QED) is 0.707. The summed E-state index contributed by atoms with van der Waals surface area (Å²) in [5.74, 6) is 1.64. The average Bonchev–Trinajstić information content (AvgIpc) is 3.10. The number of carboxylic acid groups (broad SMARTS) is 1. The number of aromatic amines is 1. The van der Waals surface area contributed by atoms with Gasteiger partial charge in [-0.1, -0.05) is 0 Å². The van der Waals surface area contributed by atoms with Gasteiger partial charge >= 0.3 is 6.16 Å². The van der Waals surface area contributed by atoms with Gasteiger partial charge in [-0.3, -0.25) is 0 Å². The molecule has 0 aliphatic rings. The number of carbonyl (C=O) groups is 1. The zero-order valence-electron chi connectivity index (χ0n) is 11.7. The van der Waals surface area contributed by atoms with Gasteiger partial charge in [0.05, 0.1) is 37.6 Å². The number of methoxy groups -OCH3 is 2. The number of fused-ring (bicyclic) bond motifs is 1. The zero-order chi connectivity index (χ0) is 15.7. The monoisotopic (exact) mass is 304 g/mol. The summed E-state index contributed by atoms with van der Waals surface area (Å²) in [5.41, 5.74) is 1.38. The second-order valence-corrected chi connectivity index (χ2v) is 4.27. The molecule has 0 aliphatic heterocycles. The topological polar surface area (TPSA) is 111 Å². The molecule has 0 spiro atoms. The Bertz CT molecular complexity index is 797. The van der Waals surface area contributed by atoms with Gasteiger partial charge < -0.3 is 24.3 Å². The minimum absolute atomic E-state index is 0.100. The van der Waals surface area contributed by atoms with E-state index in [-0.39, 0.29) is 5.75 Å². The first kappa shape index (κ1) is 13.7. The lowest BCUT2D eigenvalue weighted by Gasteiger charge is -2.05. The smallest absolute Gasteiger partial charge is 0.493 e. The number of nitrogens with one attached hydrogen (secondary N) is 1. The number of rotatable bonds is 4. The van der Waals surface area contributed by atoms with Crippen LogP contribution in [-0.4, -0.2) is 45.2 Å². The van der Waals surface area contributed by atoms with Gasteiger partial charge in [-0.25, -0.2) is 14.5 Å². The van der Waals surface area contributed by atoms with E-state index >= 15 is 0 Å². The van der Waals surface area contributed by atoms with Gasteiger partial charge in [0, 0.05) is 12.1 Å². The molecule has 2 N–H and O–H groups in total. The third kappa shape index (κ3) is 2.39. The van der Waals surface area contributed by atoms with Gasteiger partial charge in [0.2, 0.25) is 5.95 Å². The molecule has 114 valence electrons. The summed E-state index contributed by atoms with van der Waals surface area (Å²) in [7, 11) is 3.09. The lowest BCUT2D eigenvalue weighted by atomic mass is 10.3. The Kier molecular flexibility index (Phi) is 3.30. The summed E-state index contributed by atoms with van der Waals surface area (Å²) in [4.78, 5) is 17.9. The van der Waals surface area contributed by atoms with Crippen LogP contribution in [0.1, 0.15) is 0 Å². The highest BCUT2D eigenvalue weighted by Gasteiger charge is 2.12. The third-order valence-corrected chi connectivity index (χ3v) is 2.96. The van der Waals surface area contributed by atoms with E-state index in [1.165, 1.54) is 17.1 Å². The highest BCUT2D eigenvalue weighted by atomic mass is 16.7. The Balaban J connectivity index is 2.01. The number of imidazole rings is 1. The van der Waals surface area contributed by atoms with E-state index in [0.717, 1.165) is 5.52 Å². The Morgan fingerprint density at radius 2 is 2.00 bits per heavy atom. The van der Waals surface area contributed by atoms with Gasteiger partial charge in [-0.05, 0) is 0 Å². The van der Waals surface area contributed by atoms with Crippen molar-refractivity contribution in [2.75, 3.05) is 14.2 Å². The van der Waals surface area contributed by atoms with Gasteiger partial charge in [0.25, 0.3) is 0 Å². The maximum Gasteiger partial charge on any atom is 0.511 e. The predicted molar refractivity (Wildman–Crippen MR) is 75.0 cm³/mol. The molecule has 3 rings (SSSR count). The highest BCUT2D eigenvalue weighted by Crippen LogP contribution is 2.31. The lowest BCUT2D eigenvalue weighted by Crippen LogP contribution is -2.02. The van der Waals surface area contributed by atoms with Crippen molar-refractivity contribution >= 4 is 17.2 Å². The van der Waals surface area contributed by atoms with Crippen molar-refractivity contribution in [3.63, 3.8) is 0 Å². The number of hydrogen-bond donors (Lipinski definition) is 2. The first-order valence-electron chi connectivity index (χ1n) is 6.18. The van der Waals surface area contributed by atoms with E-state index in [9.17, 15) is 4.79 Å². The minimum Gasteiger partial charge on any atom is -0.493 e. The Labute approximate surface area is 124 Å². The number of hydrogen-bond acceptors (Lipinski definition) is 6. The molecule has 0 radical (unpaired) electrons. The van der Waals surface area contributed by atoms with Gasteiger partial charge in [0.15, 0.2) is 17.2 Å². The predicted octanol–water partition coefficient (Wildman–Crippen LogP) is 1.82. The first-order valence-corrected chi connectivity index (χ1v) is 6.18. The van der Waals surface area contributed by atoms with Crippen molar-refractivity contribution in [1.82, 2.24) is 19.7 Å². The minimum atomic E-state index is -1.40. The van der Waals surface area contributed by atoms with Crippen molar-refractivity contribution in [3.05, 3.63) is 24.5 Å². The molecule has 3 aromatic rings. The maximum absolute atomic E-state index is 10.5. The molecular weight excluding hydrogens is 292 g/mol. The second kappa shape index (κ2) is 5.28. The molecule has 9 nitrogen and oxygen atoms in total. The van der Waals surface area contributed by atoms with Crippen LogP contribution in [0.3, 0.4) is 0 Å². The molecule has 2 aromatic heterocycles. The van der Waals surface area contributed by atoms with Crippen LogP contribution in [0.5, 0.6) is 17.2 Å². The summed E-state index contributed by atoms with van der Waals surface area (Å²) in [5, 5.41) is 12.6. The van der Waals surface area contributed by atoms with E-state index in [1.807, 2.05) is 0 Å². The van der Waals surface area contributed by atoms with E-state index in [4.69, 9.17) is 14.6 Å². The molecule has 0 fully saturated rings. The van der Waals surface area contributed by atoms with Crippen molar-refractivity contribution in [3.8, 4) is 23.2 Å². The van der Waals surface area contributed by atoms with Crippen molar-refractivity contribution in [2.24, 2.45) is 0 Å². The van der Waals surface area contributed by atoms with Crippen molar-refractivity contribution < 1.29 is 24.1 Å². The highest BCUT2D eigenvalue weighted by molar-refractivity contribution is 5.80. The number of aromatic nitrogens is 4. The van der Waals surface area contributed by atoms with Crippen molar-refractivity contribution in [1.29, 1.82) is 0 Å². The Hall–Kier alpha value is -3.23. The Morgan fingerprint density at radius 3 is 2.68 bits per heavy atom. The maximum atomic E-state index is 10.5. The third-order valence-electron chi connectivity index (χ3n) is 2.96. The standard InChI is InChI=1S/C13H12N4O5/c1-20-10-3-8-9(4-11(10)21-2)16-12(15-8)17-6-7(5-14-17)22-13(18)19/h3-6H,1-2H3,(H,15,16)(H,18,19). The number of H-pyrrole nitrogens is 1. The SMILES string of the molecule is COc1cc2nc(-n3cc(OC(=O)O)cn3)[nH]c2cc1OC. The van der Waals surface area contributed by atoms with Crippen LogP contribution in [0.25, 0.3) is 17.0 Å². The van der Waals surface area contributed by atoms with E-state index in [0.29, 0.717) is 23.0 Å². The molecule has 0 unspecified atom stereocenters. The fourth-order valence-electron chi connectivity index (χ4n) is 2.01. The van der Waals surface area contributed by atoms with E-state index in [2.05, 4.69) is 19.8 Å². The molecule has 22 heavy (non-hydrogen) atoms. The molecular formula is C13H12N4O5. The summed E-state index contributed by atoms with van der Waals surface area (Å²) in [6.07, 6.45) is 1.28. The van der Waals surface area contributed by atoms with E-state index in [1.54, 1.807) is 26.4 Å². The van der Waals surface area contributed by atoms with E-state index < -0.39 is 6.16 Å². The van der Waals surface area contributed by atoms with Crippen LogP contribution in [0.4, 0.5) is 4.79 Å². The summed E-state index contributed by atoms with van der Waals surface area (Å²) >= 11 is 0. The molecule has 0 bridgehead atoms. The molecule has 9 heteroatoms. The van der Waals surface area contributed by atoms with Crippen LogP contribution in [0, 0.1) is 0 Å². The molecule has 0 aliphatic carbocycles. The lowest BCUT2D eigenvalue weighted by molar-refractivity contribution is 0.144. The number of ether oxygens (including phenoxy) is 3. The molecule has 1 aromatic carbocycles.